The Kier molecular flexibility index (Phi) is 5.07. The highest BCUT2D eigenvalue weighted by atomic mass is 16.1. The predicted molar refractivity (Wildman–Crippen MR) is 72.3 cm³/mol. The summed E-state index contributed by atoms with van der Waals surface area (Å²) in [6.07, 6.45) is 13.1. The normalized spacial score (nSPS) is 29.6. The molecule has 0 N–H and O–H groups in total. The predicted octanol–water partition coefficient (Wildman–Crippen LogP) is 3.02. The molecule has 2 saturated carbocycles. The van der Waals surface area contributed by atoms with E-state index in [-0.39, 0.29) is 0 Å². The first kappa shape index (κ1) is 14.2. The van der Waals surface area contributed by atoms with Crippen molar-refractivity contribution < 1.29 is 9.59 Å². The molecular weight excluding hydrogens is 240 g/mol. The van der Waals surface area contributed by atoms with E-state index in [1.165, 1.54) is 38.5 Å². The summed E-state index contributed by atoms with van der Waals surface area (Å²) in [7, 11) is 0. The van der Waals surface area contributed by atoms with E-state index in [2.05, 4.69) is 9.98 Å². The molecule has 0 aromatic rings. The Morgan fingerprint density at radius 2 is 1.89 bits per heavy atom. The lowest BCUT2D eigenvalue weighted by Gasteiger charge is -2.30. The van der Waals surface area contributed by atoms with Gasteiger partial charge in [-0.15, -0.1) is 0 Å². The molecule has 0 radical (unpaired) electrons. The molecule has 0 heterocycles. The molecule has 4 heteroatoms. The van der Waals surface area contributed by atoms with Crippen LogP contribution in [0.1, 0.15) is 51.4 Å². The van der Waals surface area contributed by atoms with E-state index in [1.54, 1.807) is 12.2 Å². The van der Waals surface area contributed by atoms with Crippen LogP contribution in [0.25, 0.3) is 0 Å². The highest BCUT2D eigenvalue weighted by Crippen LogP contribution is 2.57. The van der Waals surface area contributed by atoms with Crippen molar-refractivity contribution in [3.05, 3.63) is 0 Å². The van der Waals surface area contributed by atoms with Crippen LogP contribution in [0.4, 0.5) is 0 Å². The quantitative estimate of drug-likeness (QED) is 0.383. The zero-order valence-electron chi connectivity index (χ0n) is 11.4. The lowest BCUT2D eigenvalue weighted by Crippen LogP contribution is -2.21. The molecule has 2 aliphatic rings. The number of rotatable bonds is 8. The van der Waals surface area contributed by atoms with Gasteiger partial charge in [-0.25, -0.2) is 19.6 Å². The van der Waals surface area contributed by atoms with E-state index < -0.39 is 0 Å². The third-order valence-electron chi connectivity index (χ3n) is 4.97. The third-order valence-corrected chi connectivity index (χ3v) is 4.97. The van der Waals surface area contributed by atoms with E-state index in [4.69, 9.17) is 0 Å². The van der Waals surface area contributed by atoms with Gasteiger partial charge in [-0.3, -0.25) is 0 Å². The Hall–Kier alpha value is -1.24. The summed E-state index contributed by atoms with van der Waals surface area (Å²) in [5, 5.41) is 0. The van der Waals surface area contributed by atoms with Crippen LogP contribution in [-0.2, 0) is 9.59 Å². The van der Waals surface area contributed by atoms with Crippen LogP contribution < -0.4 is 0 Å². The first-order valence-corrected chi connectivity index (χ1v) is 7.35. The molecule has 2 aliphatic carbocycles. The smallest absolute Gasteiger partial charge is 0.211 e. The molecule has 0 amide bonds. The summed E-state index contributed by atoms with van der Waals surface area (Å²) < 4.78 is 0. The first-order chi connectivity index (χ1) is 9.28. The van der Waals surface area contributed by atoms with E-state index in [9.17, 15) is 9.59 Å². The second-order valence-corrected chi connectivity index (χ2v) is 6.26. The Bertz CT molecular complexity index is 387. The molecule has 2 bridgehead atoms. The second kappa shape index (κ2) is 6.79. The lowest BCUT2D eigenvalue weighted by molar-refractivity contribution is 0.215. The standard InChI is InChI=1S/C15H22N2O2/c18-11-16-7-1-2-14(10-17-12-19)9-15-5-3-13(8-15)4-6-15/h13-14H,1-10H2. The molecule has 0 aliphatic heterocycles. The summed E-state index contributed by atoms with van der Waals surface area (Å²) in [4.78, 5) is 27.7. The topological polar surface area (TPSA) is 58.9 Å². The summed E-state index contributed by atoms with van der Waals surface area (Å²) in [6.45, 7) is 1.13. The minimum Gasteiger partial charge on any atom is -0.211 e. The number of hydrogen-bond donors (Lipinski definition) is 0. The highest BCUT2D eigenvalue weighted by molar-refractivity contribution is 5.33. The van der Waals surface area contributed by atoms with E-state index in [0.717, 1.165) is 18.8 Å². The number of isocyanates is 2. The maximum absolute atomic E-state index is 10.3. The first-order valence-electron chi connectivity index (χ1n) is 7.35. The van der Waals surface area contributed by atoms with Crippen molar-refractivity contribution in [2.45, 2.75) is 51.4 Å². The van der Waals surface area contributed by atoms with Gasteiger partial charge in [-0.1, -0.05) is 0 Å². The molecule has 0 aromatic carbocycles. The van der Waals surface area contributed by atoms with Gasteiger partial charge in [0.05, 0.1) is 13.1 Å². The molecule has 104 valence electrons. The van der Waals surface area contributed by atoms with Crippen LogP contribution >= 0.6 is 0 Å². The summed E-state index contributed by atoms with van der Waals surface area (Å²) in [6, 6.07) is 0. The fourth-order valence-corrected chi connectivity index (χ4v) is 4.14. The fraction of sp³-hybridized carbons (Fsp3) is 0.867. The summed E-state index contributed by atoms with van der Waals surface area (Å²) in [5.74, 6) is 1.40. The largest absolute Gasteiger partial charge is 0.234 e. The number of nitrogens with zero attached hydrogens (tertiary/aromatic N) is 2. The molecule has 2 rings (SSSR count). The number of fused-ring (bicyclic) bond motifs is 2. The van der Waals surface area contributed by atoms with Crippen LogP contribution in [-0.4, -0.2) is 25.2 Å². The van der Waals surface area contributed by atoms with Gasteiger partial charge in [-0.05, 0) is 68.6 Å². The molecular formula is C15H22N2O2. The van der Waals surface area contributed by atoms with E-state index in [0.29, 0.717) is 24.4 Å². The average Bonchev–Trinajstić information content (AvgIpc) is 3.01. The van der Waals surface area contributed by atoms with Crippen molar-refractivity contribution in [3.8, 4) is 0 Å². The maximum Gasteiger partial charge on any atom is 0.234 e. The van der Waals surface area contributed by atoms with Crippen LogP contribution in [0, 0.1) is 17.3 Å². The molecule has 0 aromatic heterocycles. The van der Waals surface area contributed by atoms with Gasteiger partial charge in [0, 0.05) is 0 Å². The van der Waals surface area contributed by atoms with Crippen LogP contribution in [0.15, 0.2) is 9.98 Å². The third kappa shape index (κ3) is 3.86. The fourth-order valence-electron chi connectivity index (χ4n) is 4.14. The maximum atomic E-state index is 10.3. The average molecular weight is 262 g/mol. The number of carbonyl (C=O) groups excluding carboxylic acids is 2. The van der Waals surface area contributed by atoms with Crippen molar-refractivity contribution >= 4 is 12.2 Å². The van der Waals surface area contributed by atoms with Crippen molar-refractivity contribution in [1.82, 2.24) is 0 Å². The van der Waals surface area contributed by atoms with Crippen LogP contribution in [0.5, 0.6) is 0 Å². The van der Waals surface area contributed by atoms with Gasteiger partial charge in [0.15, 0.2) is 0 Å². The molecule has 2 fully saturated rings. The molecule has 0 saturated heterocycles. The summed E-state index contributed by atoms with van der Waals surface area (Å²) in [5.41, 5.74) is 0.529. The second-order valence-electron chi connectivity index (χ2n) is 6.26. The zero-order valence-corrected chi connectivity index (χ0v) is 11.4. The van der Waals surface area contributed by atoms with Crippen molar-refractivity contribution in [2.75, 3.05) is 13.1 Å². The lowest BCUT2D eigenvalue weighted by atomic mass is 9.75. The molecule has 1 atom stereocenters. The monoisotopic (exact) mass is 262 g/mol. The van der Waals surface area contributed by atoms with Gasteiger partial charge in [0.2, 0.25) is 12.2 Å². The van der Waals surface area contributed by atoms with Gasteiger partial charge in [-0.2, -0.15) is 0 Å². The van der Waals surface area contributed by atoms with Gasteiger partial charge in [0.1, 0.15) is 0 Å². The SMILES string of the molecule is O=C=NCCCC(CN=C=O)CC12CCC(CC1)C2. The van der Waals surface area contributed by atoms with Crippen molar-refractivity contribution in [2.24, 2.45) is 27.2 Å². The summed E-state index contributed by atoms with van der Waals surface area (Å²) >= 11 is 0. The van der Waals surface area contributed by atoms with Gasteiger partial charge >= 0.3 is 0 Å². The molecule has 4 nitrogen and oxygen atoms in total. The Morgan fingerprint density at radius 1 is 1.16 bits per heavy atom. The highest BCUT2D eigenvalue weighted by Gasteiger charge is 2.45. The molecule has 0 spiro atoms. The van der Waals surface area contributed by atoms with E-state index >= 15 is 0 Å². The van der Waals surface area contributed by atoms with Crippen LogP contribution in [0.2, 0.25) is 0 Å². The Morgan fingerprint density at radius 3 is 2.47 bits per heavy atom. The molecule has 19 heavy (non-hydrogen) atoms. The number of hydrogen-bond acceptors (Lipinski definition) is 4. The minimum atomic E-state index is 0.445. The van der Waals surface area contributed by atoms with E-state index in [1.807, 2.05) is 0 Å². The Balaban J connectivity index is 1.85. The van der Waals surface area contributed by atoms with Crippen molar-refractivity contribution in [1.29, 1.82) is 0 Å². The van der Waals surface area contributed by atoms with Crippen molar-refractivity contribution in [3.63, 3.8) is 0 Å². The zero-order chi connectivity index (χ0) is 13.6. The number of aliphatic imine (C=N–C) groups is 2. The van der Waals surface area contributed by atoms with Gasteiger partial charge in [0.25, 0.3) is 0 Å². The van der Waals surface area contributed by atoms with Crippen LogP contribution in [0.3, 0.4) is 0 Å². The Labute approximate surface area is 114 Å². The minimum absolute atomic E-state index is 0.445. The van der Waals surface area contributed by atoms with Gasteiger partial charge < -0.3 is 0 Å². The molecule has 1 unspecified atom stereocenters.